The molecule has 5 nitrogen and oxygen atoms in total. The summed E-state index contributed by atoms with van der Waals surface area (Å²) in [5, 5.41) is 6.49. The van der Waals surface area contributed by atoms with Gasteiger partial charge in [-0.2, -0.15) is 0 Å². The molecule has 3 aromatic rings. The van der Waals surface area contributed by atoms with Crippen LogP contribution in [-0.2, 0) is 11.2 Å². The molecule has 2 N–H and O–H groups in total. The van der Waals surface area contributed by atoms with Crippen LogP contribution in [0.1, 0.15) is 50.8 Å². The van der Waals surface area contributed by atoms with Crippen molar-refractivity contribution in [3.8, 4) is 0 Å². The van der Waals surface area contributed by atoms with E-state index >= 15 is 0 Å². The molecule has 0 saturated carbocycles. The van der Waals surface area contributed by atoms with Gasteiger partial charge < -0.3 is 5.32 Å². The standard InChI is InChI=1S/C23H23N3O2S/c1-14-11-12-18(15(2)13-14)24-22(28)17-9-6-10-19-20(17)25-23(29-19)26-21(27)16-7-4-3-5-8-16/h3-5,7-8,11-13,17H,6,9-10H2,1-2H3,(H,24,28)(H,25,26,27). The smallest absolute Gasteiger partial charge is 0.257 e. The van der Waals surface area contributed by atoms with Crippen LogP contribution in [0.3, 0.4) is 0 Å². The summed E-state index contributed by atoms with van der Waals surface area (Å²) in [4.78, 5) is 31.1. The fourth-order valence-corrected chi connectivity index (χ4v) is 4.72. The van der Waals surface area contributed by atoms with E-state index in [-0.39, 0.29) is 17.7 Å². The Hall–Kier alpha value is -2.99. The number of rotatable bonds is 4. The average molecular weight is 406 g/mol. The minimum atomic E-state index is -0.293. The highest BCUT2D eigenvalue weighted by atomic mass is 32.1. The lowest BCUT2D eigenvalue weighted by molar-refractivity contribution is -0.117. The molecular weight excluding hydrogens is 382 g/mol. The summed E-state index contributed by atoms with van der Waals surface area (Å²) in [7, 11) is 0. The normalized spacial score (nSPS) is 15.4. The molecule has 0 fully saturated rings. The highest BCUT2D eigenvalue weighted by Gasteiger charge is 2.31. The number of nitrogens with one attached hydrogen (secondary N) is 2. The summed E-state index contributed by atoms with van der Waals surface area (Å²) in [6.45, 7) is 4.03. The van der Waals surface area contributed by atoms with Gasteiger partial charge in [0.25, 0.3) is 5.91 Å². The molecule has 1 atom stereocenters. The minimum absolute atomic E-state index is 0.0378. The predicted octanol–water partition coefficient (Wildman–Crippen LogP) is 5.07. The number of hydrogen-bond donors (Lipinski definition) is 2. The number of benzene rings is 2. The molecule has 4 rings (SSSR count). The number of thiazole rings is 1. The lowest BCUT2D eigenvalue weighted by atomic mass is 9.90. The van der Waals surface area contributed by atoms with Crippen LogP contribution in [-0.4, -0.2) is 16.8 Å². The van der Waals surface area contributed by atoms with Gasteiger partial charge in [0.2, 0.25) is 5.91 Å². The predicted molar refractivity (Wildman–Crippen MR) is 117 cm³/mol. The van der Waals surface area contributed by atoms with Crippen molar-refractivity contribution in [2.24, 2.45) is 0 Å². The van der Waals surface area contributed by atoms with Crippen LogP contribution in [0.25, 0.3) is 0 Å². The lowest BCUT2D eigenvalue weighted by Crippen LogP contribution is -2.25. The fourth-order valence-electron chi connectivity index (χ4n) is 3.66. The Labute approximate surface area is 174 Å². The number of hydrogen-bond acceptors (Lipinski definition) is 4. The van der Waals surface area contributed by atoms with Gasteiger partial charge in [0.15, 0.2) is 5.13 Å². The van der Waals surface area contributed by atoms with Crippen LogP contribution in [0, 0.1) is 13.8 Å². The first kappa shape index (κ1) is 19.3. The summed E-state index contributed by atoms with van der Waals surface area (Å²) in [5.74, 6) is -0.518. The molecule has 1 aliphatic carbocycles. The molecule has 6 heteroatoms. The van der Waals surface area contributed by atoms with E-state index < -0.39 is 0 Å². The number of fused-ring (bicyclic) bond motifs is 1. The zero-order chi connectivity index (χ0) is 20.4. The average Bonchev–Trinajstić information content (AvgIpc) is 3.13. The molecule has 1 heterocycles. The fraction of sp³-hybridized carbons (Fsp3) is 0.261. The van der Waals surface area contributed by atoms with Gasteiger partial charge in [-0.15, -0.1) is 11.3 Å². The van der Waals surface area contributed by atoms with Gasteiger partial charge in [-0.25, -0.2) is 4.98 Å². The quantitative estimate of drug-likeness (QED) is 0.636. The molecule has 1 aliphatic rings. The minimum Gasteiger partial charge on any atom is -0.325 e. The largest absolute Gasteiger partial charge is 0.325 e. The molecule has 29 heavy (non-hydrogen) atoms. The second-order valence-corrected chi connectivity index (χ2v) is 8.48. The van der Waals surface area contributed by atoms with Gasteiger partial charge in [-0.1, -0.05) is 35.9 Å². The van der Waals surface area contributed by atoms with Gasteiger partial charge in [0.05, 0.1) is 11.6 Å². The van der Waals surface area contributed by atoms with E-state index in [1.807, 2.05) is 44.2 Å². The monoisotopic (exact) mass is 405 g/mol. The number of anilines is 2. The maximum atomic E-state index is 13.0. The summed E-state index contributed by atoms with van der Waals surface area (Å²) in [5.41, 5.74) is 4.43. The number of nitrogens with zero attached hydrogens (tertiary/aromatic N) is 1. The van der Waals surface area contributed by atoms with Crippen molar-refractivity contribution in [2.75, 3.05) is 10.6 Å². The molecule has 0 bridgehead atoms. The third-order valence-corrected chi connectivity index (χ3v) is 6.21. The number of aryl methyl sites for hydroxylation is 3. The topological polar surface area (TPSA) is 71.1 Å². The second-order valence-electron chi connectivity index (χ2n) is 7.40. The van der Waals surface area contributed by atoms with E-state index in [2.05, 4.69) is 21.7 Å². The van der Waals surface area contributed by atoms with Crippen molar-refractivity contribution in [3.05, 3.63) is 75.8 Å². The first-order valence-corrected chi connectivity index (χ1v) is 10.6. The van der Waals surface area contributed by atoms with Crippen LogP contribution in [0.4, 0.5) is 10.8 Å². The van der Waals surface area contributed by atoms with E-state index in [9.17, 15) is 9.59 Å². The van der Waals surface area contributed by atoms with Crippen LogP contribution >= 0.6 is 11.3 Å². The van der Waals surface area contributed by atoms with Crippen molar-refractivity contribution in [2.45, 2.75) is 39.0 Å². The second kappa shape index (κ2) is 8.17. The Bertz CT molecular complexity index is 1060. The van der Waals surface area contributed by atoms with E-state index in [1.165, 1.54) is 16.9 Å². The number of carbonyl (C=O) groups is 2. The van der Waals surface area contributed by atoms with Gasteiger partial charge in [0.1, 0.15) is 0 Å². The van der Waals surface area contributed by atoms with Gasteiger partial charge in [-0.3, -0.25) is 14.9 Å². The molecule has 0 spiro atoms. The van der Waals surface area contributed by atoms with Gasteiger partial charge in [0, 0.05) is 16.1 Å². The third kappa shape index (κ3) is 4.22. The Morgan fingerprint density at radius 2 is 1.86 bits per heavy atom. The third-order valence-electron chi connectivity index (χ3n) is 5.17. The first-order chi connectivity index (χ1) is 14.0. The zero-order valence-electron chi connectivity index (χ0n) is 16.5. The number of carbonyl (C=O) groups excluding carboxylic acids is 2. The highest BCUT2D eigenvalue weighted by Crippen LogP contribution is 2.37. The van der Waals surface area contributed by atoms with E-state index in [0.29, 0.717) is 10.7 Å². The molecule has 2 aromatic carbocycles. The van der Waals surface area contributed by atoms with Crippen molar-refractivity contribution in [1.82, 2.24) is 4.98 Å². The van der Waals surface area contributed by atoms with E-state index in [0.717, 1.165) is 41.1 Å². The molecule has 2 amide bonds. The van der Waals surface area contributed by atoms with Crippen LogP contribution in [0.2, 0.25) is 0 Å². The SMILES string of the molecule is Cc1ccc(NC(=O)C2CCCc3sc(NC(=O)c4ccccc4)nc32)c(C)c1. The zero-order valence-corrected chi connectivity index (χ0v) is 17.3. The first-order valence-electron chi connectivity index (χ1n) is 9.75. The van der Waals surface area contributed by atoms with Crippen LogP contribution < -0.4 is 10.6 Å². The molecule has 148 valence electrons. The van der Waals surface area contributed by atoms with Crippen LogP contribution in [0.5, 0.6) is 0 Å². The Morgan fingerprint density at radius 3 is 2.62 bits per heavy atom. The van der Waals surface area contributed by atoms with Crippen molar-refractivity contribution in [3.63, 3.8) is 0 Å². The summed E-state index contributed by atoms with van der Waals surface area (Å²) in [6.07, 6.45) is 2.59. The van der Waals surface area contributed by atoms with Crippen molar-refractivity contribution in [1.29, 1.82) is 0 Å². The Morgan fingerprint density at radius 1 is 1.07 bits per heavy atom. The van der Waals surface area contributed by atoms with E-state index in [1.54, 1.807) is 12.1 Å². The van der Waals surface area contributed by atoms with Crippen molar-refractivity contribution < 1.29 is 9.59 Å². The number of amides is 2. The summed E-state index contributed by atoms with van der Waals surface area (Å²) in [6, 6.07) is 15.1. The Balaban J connectivity index is 1.52. The molecule has 0 saturated heterocycles. The van der Waals surface area contributed by atoms with Crippen LogP contribution in [0.15, 0.2) is 48.5 Å². The maximum Gasteiger partial charge on any atom is 0.257 e. The maximum absolute atomic E-state index is 13.0. The number of aromatic nitrogens is 1. The van der Waals surface area contributed by atoms with Gasteiger partial charge >= 0.3 is 0 Å². The molecule has 1 aromatic heterocycles. The molecular formula is C23H23N3O2S. The van der Waals surface area contributed by atoms with E-state index in [4.69, 9.17) is 0 Å². The molecule has 0 aliphatic heterocycles. The highest BCUT2D eigenvalue weighted by molar-refractivity contribution is 7.16. The summed E-state index contributed by atoms with van der Waals surface area (Å²) < 4.78 is 0. The molecule has 0 radical (unpaired) electrons. The Kier molecular flexibility index (Phi) is 5.45. The summed E-state index contributed by atoms with van der Waals surface area (Å²) >= 11 is 1.47. The van der Waals surface area contributed by atoms with Gasteiger partial charge in [-0.05, 0) is 56.9 Å². The lowest BCUT2D eigenvalue weighted by Gasteiger charge is -2.21. The molecule has 1 unspecified atom stereocenters. The van der Waals surface area contributed by atoms with Crippen molar-refractivity contribution >= 4 is 34.0 Å².